The summed E-state index contributed by atoms with van der Waals surface area (Å²) in [6.07, 6.45) is -0.701. The molecule has 0 heterocycles. The fourth-order valence-electron chi connectivity index (χ4n) is 3.33. The predicted octanol–water partition coefficient (Wildman–Crippen LogP) is 3.12. The lowest BCUT2D eigenvalue weighted by Crippen LogP contribution is -2.42. The summed E-state index contributed by atoms with van der Waals surface area (Å²) in [6.45, 7) is 1.67. The van der Waals surface area contributed by atoms with Gasteiger partial charge in [-0.2, -0.15) is 0 Å². The van der Waals surface area contributed by atoms with Crippen LogP contribution in [-0.2, 0) is 6.42 Å². The highest BCUT2D eigenvalue weighted by atomic mass is 16.5. The predicted molar refractivity (Wildman–Crippen MR) is 124 cm³/mol. The normalized spacial score (nSPS) is 13.0. The summed E-state index contributed by atoms with van der Waals surface area (Å²) >= 11 is 0. The van der Waals surface area contributed by atoms with E-state index in [0.29, 0.717) is 31.1 Å². The molecule has 0 spiro atoms. The second-order valence-electron chi connectivity index (χ2n) is 7.73. The van der Waals surface area contributed by atoms with Crippen LogP contribution in [0.25, 0.3) is 0 Å². The first-order valence-corrected chi connectivity index (χ1v) is 10.8. The van der Waals surface area contributed by atoms with Crippen LogP contribution in [0.1, 0.15) is 5.56 Å². The van der Waals surface area contributed by atoms with E-state index in [2.05, 4.69) is 0 Å². The van der Waals surface area contributed by atoms with Crippen LogP contribution < -0.4 is 9.47 Å². The van der Waals surface area contributed by atoms with Crippen molar-refractivity contribution in [1.29, 1.82) is 0 Å². The molecule has 0 aliphatic heterocycles. The number of ether oxygens (including phenoxy) is 2. The van der Waals surface area contributed by atoms with Crippen LogP contribution in [0.5, 0.6) is 17.2 Å². The first-order chi connectivity index (χ1) is 15.6. The third-order valence-electron chi connectivity index (χ3n) is 4.96. The number of nitrogens with zero attached hydrogens (tertiary/aromatic N) is 1. The summed E-state index contributed by atoms with van der Waals surface area (Å²) in [4.78, 5) is 2.00. The molecule has 3 N–H and O–H groups in total. The molecule has 0 aromatic heterocycles. The molecule has 0 saturated heterocycles. The van der Waals surface area contributed by atoms with Gasteiger partial charge in [0.2, 0.25) is 0 Å². The highest BCUT2D eigenvalue weighted by Gasteiger charge is 2.17. The summed E-state index contributed by atoms with van der Waals surface area (Å²) in [6, 6.07) is 25.8. The van der Waals surface area contributed by atoms with Crippen molar-refractivity contribution in [1.82, 2.24) is 4.90 Å². The van der Waals surface area contributed by atoms with E-state index >= 15 is 0 Å². The molecular formula is C26H31NO5. The molecule has 0 bridgehead atoms. The Kier molecular flexibility index (Phi) is 9.37. The van der Waals surface area contributed by atoms with Crippen LogP contribution in [0, 0.1) is 0 Å². The van der Waals surface area contributed by atoms with Crippen molar-refractivity contribution in [3.63, 3.8) is 0 Å². The first-order valence-electron chi connectivity index (χ1n) is 10.8. The van der Waals surface area contributed by atoms with Gasteiger partial charge in [0.1, 0.15) is 42.7 Å². The highest BCUT2D eigenvalue weighted by Crippen LogP contribution is 2.13. The van der Waals surface area contributed by atoms with Gasteiger partial charge in [-0.05, 0) is 48.4 Å². The van der Waals surface area contributed by atoms with Crippen LogP contribution in [-0.4, -0.2) is 65.3 Å². The van der Waals surface area contributed by atoms with Crippen LogP contribution in [0.3, 0.4) is 0 Å². The smallest absolute Gasteiger partial charge is 0.119 e. The Hall–Kier alpha value is -3.06. The molecule has 0 aliphatic rings. The third kappa shape index (κ3) is 8.59. The molecule has 0 unspecified atom stereocenters. The Morgan fingerprint density at radius 1 is 0.656 bits per heavy atom. The van der Waals surface area contributed by atoms with Gasteiger partial charge >= 0.3 is 0 Å². The van der Waals surface area contributed by atoms with Gasteiger partial charge in [0.15, 0.2) is 0 Å². The van der Waals surface area contributed by atoms with Crippen LogP contribution >= 0.6 is 0 Å². The van der Waals surface area contributed by atoms with Crippen LogP contribution in [0.2, 0.25) is 0 Å². The molecule has 0 saturated carbocycles. The van der Waals surface area contributed by atoms with Crippen LogP contribution in [0.15, 0.2) is 84.9 Å². The molecule has 0 aliphatic carbocycles. The van der Waals surface area contributed by atoms with Crippen molar-refractivity contribution in [2.45, 2.75) is 18.6 Å². The van der Waals surface area contributed by atoms with E-state index in [4.69, 9.17) is 9.47 Å². The van der Waals surface area contributed by atoms with E-state index in [0.717, 1.165) is 12.0 Å². The lowest BCUT2D eigenvalue weighted by atomic mass is 10.1. The summed E-state index contributed by atoms with van der Waals surface area (Å²) in [5, 5.41) is 30.5. The number of rotatable bonds is 13. The van der Waals surface area contributed by atoms with E-state index in [1.54, 1.807) is 12.1 Å². The maximum atomic E-state index is 10.5. The van der Waals surface area contributed by atoms with E-state index < -0.39 is 12.2 Å². The minimum atomic E-state index is -0.711. The van der Waals surface area contributed by atoms with Gasteiger partial charge in [-0.1, -0.05) is 48.5 Å². The van der Waals surface area contributed by atoms with Crippen molar-refractivity contribution in [3.8, 4) is 17.2 Å². The number of aromatic hydroxyl groups is 1. The van der Waals surface area contributed by atoms with Gasteiger partial charge in [-0.25, -0.2) is 0 Å². The molecular weight excluding hydrogens is 406 g/mol. The summed E-state index contributed by atoms with van der Waals surface area (Å²) in [7, 11) is 0. The summed E-state index contributed by atoms with van der Waals surface area (Å²) < 4.78 is 11.3. The highest BCUT2D eigenvalue weighted by molar-refractivity contribution is 5.26. The first kappa shape index (κ1) is 23.6. The lowest BCUT2D eigenvalue weighted by molar-refractivity contribution is 0.0318. The number of para-hydroxylation sites is 2. The van der Waals surface area contributed by atoms with Gasteiger partial charge in [-0.15, -0.1) is 0 Å². The molecule has 0 amide bonds. The monoisotopic (exact) mass is 437 g/mol. The minimum Gasteiger partial charge on any atom is -0.508 e. The molecule has 32 heavy (non-hydrogen) atoms. The molecule has 0 fully saturated rings. The number of hydrogen-bond donors (Lipinski definition) is 3. The van der Waals surface area contributed by atoms with E-state index in [1.807, 2.05) is 77.7 Å². The number of phenols is 1. The lowest BCUT2D eigenvalue weighted by Gasteiger charge is -2.27. The van der Waals surface area contributed by atoms with E-state index in [-0.39, 0.29) is 19.0 Å². The molecule has 6 nitrogen and oxygen atoms in total. The number of phenolic OH excluding ortho intramolecular Hbond substituents is 1. The van der Waals surface area contributed by atoms with Crippen molar-refractivity contribution >= 4 is 0 Å². The van der Waals surface area contributed by atoms with E-state index in [1.165, 1.54) is 0 Å². The van der Waals surface area contributed by atoms with Gasteiger partial charge in [0, 0.05) is 19.6 Å². The quantitative estimate of drug-likeness (QED) is 0.381. The van der Waals surface area contributed by atoms with Gasteiger partial charge < -0.3 is 24.8 Å². The average Bonchev–Trinajstić information content (AvgIpc) is 2.82. The Labute approximate surface area is 189 Å². The maximum Gasteiger partial charge on any atom is 0.119 e. The Balaban J connectivity index is 1.52. The topological polar surface area (TPSA) is 82.4 Å². The van der Waals surface area contributed by atoms with Gasteiger partial charge in [0.25, 0.3) is 0 Å². The fourth-order valence-corrected chi connectivity index (χ4v) is 3.33. The SMILES string of the molecule is Oc1ccc(CCN(C[C@H](O)COc2ccccc2)C[C@H](O)COc2ccccc2)cc1. The molecule has 0 radical (unpaired) electrons. The number of aliphatic hydroxyl groups excluding tert-OH is 2. The Morgan fingerprint density at radius 3 is 1.59 bits per heavy atom. The molecule has 3 aromatic rings. The second kappa shape index (κ2) is 12.7. The van der Waals surface area contributed by atoms with Crippen molar-refractivity contribution in [2.75, 3.05) is 32.8 Å². The Morgan fingerprint density at radius 2 is 1.12 bits per heavy atom. The van der Waals surface area contributed by atoms with Crippen molar-refractivity contribution in [2.24, 2.45) is 0 Å². The summed E-state index contributed by atoms with van der Waals surface area (Å²) in [5.41, 5.74) is 1.07. The molecule has 6 heteroatoms. The average molecular weight is 438 g/mol. The zero-order valence-electron chi connectivity index (χ0n) is 18.1. The van der Waals surface area contributed by atoms with E-state index in [9.17, 15) is 15.3 Å². The van der Waals surface area contributed by atoms with Crippen molar-refractivity contribution in [3.05, 3.63) is 90.5 Å². The molecule has 3 aromatic carbocycles. The third-order valence-corrected chi connectivity index (χ3v) is 4.96. The zero-order chi connectivity index (χ0) is 22.6. The minimum absolute atomic E-state index is 0.163. The zero-order valence-corrected chi connectivity index (χ0v) is 18.1. The standard InChI is InChI=1S/C26H31NO5/c28-22-13-11-21(12-14-22)15-16-27(17-23(29)19-31-25-7-3-1-4-8-25)18-24(30)20-32-26-9-5-2-6-10-26/h1-14,23-24,28-30H,15-20H2/t23-,24-/m0/s1. The fraction of sp³-hybridized carbons (Fsp3) is 0.308. The Bertz CT molecular complexity index is 838. The van der Waals surface area contributed by atoms with Crippen LogP contribution in [0.4, 0.5) is 0 Å². The largest absolute Gasteiger partial charge is 0.508 e. The van der Waals surface area contributed by atoms with Gasteiger partial charge in [-0.3, -0.25) is 4.90 Å². The maximum absolute atomic E-state index is 10.5. The number of aliphatic hydroxyl groups is 2. The number of hydrogen-bond acceptors (Lipinski definition) is 6. The molecule has 2 atom stereocenters. The number of benzene rings is 3. The van der Waals surface area contributed by atoms with Gasteiger partial charge in [0.05, 0.1) is 0 Å². The molecule has 3 rings (SSSR count). The van der Waals surface area contributed by atoms with Crippen molar-refractivity contribution < 1.29 is 24.8 Å². The second-order valence-corrected chi connectivity index (χ2v) is 7.73. The molecule has 170 valence electrons. The summed E-state index contributed by atoms with van der Waals surface area (Å²) in [5.74, 6) is 1.64.